The van der Waals surface area contributed by atoms with Gasteiger partial charge >= 0.3 is 5.69 Å². The molecule has 17 heavy (non-hydrogen) atoms. The number of aliphatic hydroxyl groups is 1. The van der Waals surface area contributed by atoms with E-state index in [0.29, 0.717) is 18.0 Å². The van der Waals surface area contributed by atoms with Crippen LogP contribution in [0.5, 0.6) is 0 Å². The van der Waals surface area contributed by atoms with Gasteiger partial charge in [0.2, 0.25) is 0 Å². The summed E-state index contributed by atoms with van der Waals surface area (Å²) in [6, 6.07) is 1.75. The second kappa shape index (κ2) is 3.56. The van der Waals surface area contributed by atoms with Gasteiger partial charge < -0.3 is 10.0 Å². The number of nitrogens with one attached hydrogen (secondary N) is 1. The Morgan fingerprint density at radius 2 is 2.41 bits per heavy atom. The molecule has 90 valence electrons. The molecular weight excluding hydrogens is 222 g/mol. The second-order valence-electron chi connectivity index (χ2n) is 4.27. The van der Waals surface area contributed by atoms with Gasteiger partial charge in [-0.3, -0.25) is 0 Å². The van der Waals surface area contributed by atoms with E-state index in [1.807, 2.05) is 4.90 Å². The zero-order chi connectivity index (χ0) is 12.0. The summed E-state index contributed by atoms with van der Waals surface area (Å²) in [6.45, 7) is 3.12. The van der Waals surface area contributed by atoms with Crippen LogP contribution in [0.4, 0.5) is 5.82 Å². The number of rotatable bonds is 1. The molecule has 7 heteroatoms. The van der Waals surface area contributed by atoms with Crippen LogP contribution in [0.25, 0.3) is 5.65 Å². The fourth-order valence-corrected chi connectivity index (χ4v) is 2.19. The van der Waals surface area contributed by atoms with Crippen molar-refractivity contribution in [3.63, 3.8) is 0 Å². The van der Waals surface area contributed by atoms with Crippen molar-refractivity contribution in [2.75, 3.05) is 18.0 Å². The van der Waals surface area contributed by atoms with Crippen molar-refractivity contribution in [2.45, 2.75) is 19.4 Å². The molecule has 1 atom stereocenters. The minimum Gasteiger partial charge on any atom is -0.391 e. The number of hydrogen-bond acceptors (Lipinski definition) is 5. The molecule has 1 aliphatic rings. The summed E-state index contributed by atoms with van der Waals surface area (Å²) in [5.41, 5.74) is 0.275. The van der Waals surface area contributed by atoms with Gasteiger partial charge in [0.15, 0.2) is 5.65 Å². The number of β-amino-alcohol motifs (C(OH)–C–C–N with tert-alkyl or cyclic N) is 1. The smallest absolute Gasteiger partial charge is 0.349 e. The Morgan fingerprint density at radius 3 is 3.12 bits per heavy atom. The summed E-state index contributed by atoms with van der Waals surface area (Å²) in [6.07, 6.45) is 0.453. The SMILES string of the molecule is Cc1nc(N2CC[C@@H](O)C2)cc2n[nH]c(=O)n12. The predicted molar refractivity (Wildman–Crippen MR) is 61.2 cm³/mol. The summed E-state index contributed by atoms with van der Waals surface area (Å²) >= 11 is 0. The molecule has 2 aromatic rings. The Hall–Kier alpha value is -1.89. The maximum Gasteiger partial charge on any atom is 0.349 e. The van der Waals surface area contributed by atoms with Crippen LogP contribution in [0, 0.1) is 6.92 Å². The molecule has 2 aromatic heterocycles. The van der Waals surface area contributed by atoms with Crippen LogP contribution in [0.3, 0.4) is 0 Å². The third-order valence-electron chi connectivity index (χ3n) is 3.04. The second-order valence-corrected chi connectivity index (χ2v) is 4.27. The van der Waals surface area contributed by atoms with Crippen molar-refractivity contribution in [2.24, 2.45) is 0 Å². The molecule has 0 amide bonds. The number of aryl methyl sites for hydroxylation is 1. The Bertz CT molecular complexity index is 617. The number of fused-ring (bicyclic) bond motifs is 1. The number of hydrogen-bond donors (Lipinski definition) is 2. The first kappa shape index (κ1) is 10.3. The first-order chi connectivity index (χ1) is 8.15. The van der Waals surface area contributed by atoms with Crippen LogP contribution < -0.4 is 10.6 Å². The van der Waals surface area contributed by atoms with Gasteiger partial charge in [-0.2, -0.15) is 5.10 Å². The molecule has 1 fully saturated rings. The molecule has 0 spiro atoms. The van der Waals surface area contributed by atoms with E-state index < -0.39 is 0 Å². The maximum atomic E-state index is 11.4. The number of nitrogens with zero attached hydrogens (tertiary/aromatic N) is 4. The monoisotopic (exact) mass is 235 g/mol. The Labute approximate surface area is 96.7 Å². The van der Waals surface area contributed by atoms with E-state index >= 15 is 0 Å². The molecule has 1 aliphatic heterocycles. The molecular formula is C10H13N5O2. The molecule has 0 saturated carbocycles. The normalized spacial score (nSPS) is 20.4. The average Bonchev–Trinajstić information content (AvgIpc) is 2.86. The van der Waals surface area contributed by atoms with Crippen LogP contribution in [0.2, 0.25) is 0 Å². The third-order valence-corrected chi connectivity index (χ3v) is 3.04. The topological polar surface area (TPSA) is 86.5 Å². The molecule has 7 nitrogen and oxygen atoms in total. The highest BCUT2D eigenvalue weighted by molar-refractivity contribution is 5.52. The van der Waals surface area contributed by atoms with Crippen LogP contribution in [0.15, 0.2) is 10.9 Å². The lowest BCUT2D eigenvalue weighted by Gasteiger charge is -2.16. The van der Waals surface area contributed by atoms with Gasteiger partial charge in [0.25, 0.3) is 0 Å². The highest BCUT2D eigenvalue weighted by Crippen LogP contribution is 2.19. The fourth-order valence-electron chi connectivity index (χ4n) is 2.19. The standard InChI is InChI=1S/C10H13N5O2/c1-6-11-8(14-3-2-7(16)5-14)4-9-12-13-10(17)15(6)9/h4,7,16H,2-3,5H2,1H3,(H,13,17)/t7-/m1/s1. The first-order valence-corrected chi connectivity index (χ1v) is 5.53. The van der Waals surface area contributed by atoms with E-state index in [0.717, 1.165) is 18.8 Å². The van der Waals surface area contributed by atoms with Crippen molar-refractivity contribution in [3.8, 4) is 0 Å². The molecule has 3 heterocycles. The summed E-state index contributed by atoms with van der Waals surface area (Å²) in [7, 11) is 0. The molecule has 1 saturated heterocycles. The zero-order valence-electron chi connectivity index (χ0n) is 9.42. The average molecular weight is 235 g/mol. The molecule has 0 unspecified atom stereocenters. The Kier molecular flexibility index (Phi) is 2.15. The van der Waals surface area contributed by atoms with E-state index in [2.05, 4.69) is 15.2 Å². The molecule has 0 aliphatic carbocycles. The van der Waals surface area contributed by atoms with Gasteiger partial charge in [-0.25, -0.2) is 19.3 Å². The first-order valence-electron chi connectivity index (χ1n) is 5.53. The quantitative estimate of drug-likeness (QED) is 0.682. The highest BCUT2D eigenvalue weighted by Gasteiger charge is 2.22. The lowest BCUT2D eigenvalue weighted by atomic mass is 10.3. The largest absolute Gasteiger partial charge is 0.391 e. The molecule has 3 rings (SSSR count). The fraction of sp³-hybridized carbons (Fsp3) is 0.500. The Balaban J connectivity index is 2.10. The van der Waals surface area contributed by atoms with Crippen molar-refractivity contribution < 1.29 is 5.11 Å². The lowest BCUT2D eigenvalue weighted by molar-refractivity contribution is 0.198. The van der Waals surface area contributed by atoms with Gasteiger partial charge in [-0.15, -0.1) is 0 Å². The number of H-pyrrole nitrogens is 1. The van der Waals surface area contributed by atoms with E-state index in [-0.39, 0.29) is 11.8 Å². The number of aromatic amines is 1. The van der Waals surface area contributed by atoms with Crippen molar-refractivity contribution >= 4 is 11.5 Å². The summed E-state index contributed by atoms with van der Waals surface area (Å²) in [4.78, 5) is 17.8. The predicted octanol–water partition coefficient (Wildman–Crippen LogP) is -0.703. The van der Waals surface area contributed by atoms with Gasteiger partial charge in [0.05, 0.1) is 6.10 Å². The van der Waals surface area contributed by atoms with E-state index in [9.17, 15) is 9.90 Å². The number of aliphatic hydroxyl groups excluding tert-OH is 1. The van der Waals surface area contributed by atoms with Crippen LogP contribution in [-0.2, 0) is 0 Å². The molecule has 2 N–H and O–H groups in total. The highest BCUT2D eigenvalue weighted by atomic mass is 16.3. The third kappa shape index (κ3) is 1.59. The van der Waals surface area contributed by atoms with Gasteiger partial charge in [-0.1, -0.05) is 0 Å². The summed E-state index contributed by atoms with van der Waals surface area (Å²) in [5.74, 6) is 1.35. The minimum atomic E-state index is -0.297. The zero-order valence-corrected chi connectivity index (χ0v) is 9.42. The van der Waals surface area contributed by atoms with Gasteiger partial charge in [0.1, 0.15) is 11.6 Å². The van der Waals surface area contributed by atoms with Gasteiger partial charge in [0, 0.05) is 19.2 Å². The van der Waals surface area contributed by atoms with E-state index in [1.54, 1.807) is 13.0 Å². The minimum absolute atomic E-state index is 0.280. The lowest BCUT2D eigenvalue weighted by Crippen LogP contribution is -2.23. The van der Waals surface area contributed by atoms with E-state index in [1.165, 1.54) is 4.40 Å². The van der Waals surface area contributed by atoms with Gasteiger partial charge in [-0.05, 0) is 13.3 Å². The summed E-state index contributed by atoms with van der Waals surface area (Å²) < 4.78 is 1.43. The van der Waals surface area contributed by atoms with Crippen LogP contribution >= 0.6 is 0 Å². The maximum absolute atomic E-state index is 11.4. The van der Waals surface area contributed by atoms with Crippen LogP contribution in [0.1, 0.15) is 12.2 Å². The van der Waals surface area contributed by atoms with Crippen molar-refractivity contribution in [1.82, 2.24) is 19.6 Å². The summed E-state index contributed by atoms with van der Waals surface area (Å²) in [5, 5.41) is 15.8. The molecule has 0 aromatic carbocycles. The van der Waals surface area contributed by atoms with E-state index in [4.69, 9.17) is 0 Å². The van der Waals surface area contributed by atoms with Crippen molar-refractivity contribution in [1.29, 1.82) is 0 Å². The molecule has 0 bridgehead atoms. The number of anilines is 1. The van der Waals surface area contributed by atoms with Crippen LogP contribution in [-0.4, -0.2) is 43.9 Å². The Morgan fingerprint density at radius 1 is 1.59 bits per heavy atom. The number of aromatic nitrogens is 4. The van der Waals surface area contributed by atoms with Crippen molar-refractivity contribution in [3.05, 3.63) is 22.4 Å². The molecule has 0 radical (unpaired) electrons.